The summed E-state index contributed by atoms with van der Waals surface area (Å²) < 4.78 is 16.4. The number of carbonyl (C=O) groups is 1. The van der Waals surface area contributed by atoms with Crippen LogP contribution in [-0.2, 0) is 9.53 Å². The molecule has 1 aliphatic heterocycles. The molecule has 26 heavy (non-hydrogen) atoms. The number of para-hydroxylation sites is 1. The highest BCUT2D eigenvalue weighted by molar-refractivity contribution is 5.77. The number of rotatable bonds is 6. The average Bonchev–Trinajstić information content (AvgIpc) is 2.88. The van der Waals surface area contributed by atoms with E-state index in [1.165, 1.54) is 17.3 Å². The maximum Gasteiger partial charge on any atom is 0.316 e. The smallest absolute Gasteiger partial charge is 0.316 e. The first kappa shape index (κ1) is 18.1. The van der Waals surface area contributed by atoms with Gasteiger partial charge in [0.2, 0.25) is 0 Å². The van der Waals surface area contributed by atoms with Gasteiger partial charge in [0.25, 0.3) is 5.91 Å². The second-order valence-corrected chi connectivity index (χ2v) is 6.01. The standard InChI is InChI=1S/C18H21N3O5/c22-16(11-25-17-19-7-4-8-20-17)21-9-10-24-13-18(23,12-21)14-26-15-5-2-1-3-6-15/h1-8,23H,9-14H2/t18-/m0/s1. The molecule has 0 aliphatic carbocycles. The van der Waals surface area contributed by atoms with Crippen LogP contribution in [0.15, 0.2) is 48.8 Å². The van der Waals surface area contributed by atoms with Crippen molar-refractivity contribution in [3.05, 3.63) is 48.8 Å². The minimum Gasteiger partial charge on any atom is -0.490 e. The molecule has 0 spiro atoms. The highest BCUT2D eigenvalue weighted by Gasteiger charge is 2.35. The third-order valence-corrected chi connectivity index (χ3v) is 3.83. The fourth-order valence-electron chi connectivity index (χ4n) is 2.53. The third-order valence-electron chi connectivity index (χ3n) is 3.83. The van der Waals surface area contributed by atoms with Gasteiger partial charge in [-0.15, -0.1) is 0 Å². The molecule has 1 aromatic carbocycles. The summed E-state index contributed by atoms with van der Waals surface area (Å²) in [4.78, 5) is 21.7. The number of carbonyl (C=O) groups excluding carboxylic acids is 1. The second kappa shape index (κ2) is 8.59. The van der Waals surface area contributed by atoms with E-state index in [-0.39, 0.29) is 38.3 Å². The van der Waals surface area contributed by atoms with Crippen molar-refractivity contribution in [1.29, 1.82) is 0 Å². The predicted octanol–water partition coefficient (Wildman–Crippen LogP) is 0.524. The third kappa shape index (κ3) is 5.14. The van der Waals surface area contributed by atoms with E-state index in [9.17, 15) is 9.90 Å². The Morgan fingerprint density at radius 1 is 1.19 bits per heavy atom. The van der Waals surface area contributed by atoms with Crippen molar-refractivity contribution in [2.75, 3.05) is 39.5 Å². The number of hydrogen-bond donors (Lipinski definition) is 1. The Hall–Kier alpha value is -2.71. The van der Waals surface area contributed by atoms with Crippen molar-refractivity contribution < 1.29 is 24.1 Å². The van der Waals surface area contributed by atoms with E-state index in [2.05, 4.69) is 9.97 Å². The minimum absolute atomic E-state index is 0.0173. The van der Waals surface area contributed by atoms with Gasteiger partial charge in [0, 0.05) is 18.9 Å². The van der Waals surface area contributed by atoms with Crippen LogP contribution in [0, 0.1) is 0 Å². The van der Waals surface area contributed by atoms with Crippen LogP contribution in [0.4, 0.5) is 0 Å². The predicted molar refractivity (Wildman–Crippen MR) is 91.8 cm³/mol. The average molecular weight is 359 g/mol. The molecule has 2 heterocycles. The zero-order valence-electron chi connectivity index (χ0n) is 14.3. The summed E-state index contributed by atoms with van der Waals surface area (Å²) in [6.45, 7) is 0.694. The minimum atomic E-state index is -1.30. The Morgan fingerprint density at radius 3 is 2.73 bits per heavy atom. The number of ether oxygens (including phenoxy) is 3. The Kier molecular flexibility index (Phi) is 5.98. The molecule has 8 nitrogen and oxygen atoms in total. The molecule has 1 saturated heterocycles. The SMILES string of the molecule is O=C(COc1ncccn1)N1CCOC[C@](O)(COc2ccccc2)C1. The number of benzene rings is 1. The topological polar surface area (TPSA) is 94.0 Å². The van der Waals surface area contributed by atoms with Gasteiger partial charge >= 0.3 is 6.01 Å². The summed E-state index contributed by atoms with van der Waals surface area (Å²) in [6, 6.07) is 11.0. The molecule has 3 rings (SSSR count). The van der Waals surface area contributed by atoms with Gasteiger partial charge in [-0.3, -0.25) is 4.79 Å². The van der Waals surface area contributed by atoms with Crippen molar-refractivity contribution in [3.63, 3.8) is 0 Å². The number of hydrogen-bond acceptors (Lipinski definition) is 7. The first-order valence-corrected chi connectivity index (χ1v) is 8.30. The van der Waals surface area contributed by atoms with E-state index in [0.717, 1.165) is 0 Å². The van der Waals surface area contributed by atoms with Crippen molar-refractivity contribution in [2.24, 2.45) is 0 Å². The number of amides is 1. The Balaban J connectivity index is 1.56. The summed E-state index contributed by atoms with van der Waals surface area (Å²) in [6.07, 6.45) is 3.07. The summed E-state index contributed by atoms with van der Waals surface area (Å²) >= 11 is 0. The van der Waals surface area contributed by atoms with Gasteiger partial charge in [-0.25, -0.2) is 9.97 Å². The van der Waals surface area contributed by atoms with E-state index in [0.29, 0.717) is 18.9 Å². The lowest BCUT2D eigenvalue weighted by atomic mass is 10.1. The van der Waals surface area contributed by atoms with Gasteiger partial charge in [-0.05, 0) is 18.2 Å². The molecule has 1 N–H and O–H groups in total. The van der Waals surface area contributed by atoms with Gasteiger partial charge in [-0.1, -0.05) is 18.2 Å². The molecule has 1 atom stereocenters. The Morgan fingerprint density at radius 2 is 1.96 bits per heavy atom. The highest BCUT2D eigenvalue weighted by atomic mass is 16.5. The number of aromatic nitrogens is 2. The van der Waals surface area contributed by atoms with E-state index < -0.39 is 5.60 Å². The lowest BCUT2D eigenvalue weighted by Gasteiger charge is -2.30. The van der Waals surface area contributed by atoms with Gasteiger partial charge in [0.05, 0.1) is 19.8 Å². The zero-order chi connectivity index (χ0) is 18.2. The van der Waals surface area contributed by atoms with Crippen LogP contribution >= 0.6 is 0 Å². The highest BCUT2D eigenvalue weighted by Crippen LogP contribution is 2.16. The monoisotopic (exact) mass is 359 g/mol. The molecule has 0 radical (unpaired) electrons. The molecule has 0 unspecified atom stereocenters. The second-order valence-electron chi connectivity index (χ2n) is 6.01. The Bertz CT molecular complexity index is 700. The van der Waals surface area contributed by atoms with E-state index in [4.69, 9.17) is 14.2 Å². The molecule has 1 amide bonds. The number of nitrogens with zero attached hydrogens (tertiary/aromatic N) is 3. The van der Waals surface area contributed by atoms with Crippen molar-refractivity contribution >= 4 is 5.91 Å². The normalized spacial score (nSPS) is 20.3. The summed E-state index contributed by atoms with van der Waals surface area (Å²) in [5, 5.41) is 10.8. The summed E-state index contributed by atoms with van der Waals surface area (Å²) in [5.74, 6) is 0.369. The van der Waals surface area contributed by atoms with Crippen LogP contribution in [0.5, 0.6) is 11.8 Å². The maximum absolute atomic E-state index is 12.4. The van der Waals surface area contributed by atoms with Gasteiger partial charge in [0.1, 0.15) is 18.0 Å². The van der Waals surface area contributed by atoms with Gasteiger partial charge in [0.15, 0.2) is 6.61 Å². The first-order valence-electron chi connectivity index (χ1n) is 8.30. The number of aliphatic hydroxyl groups is 1. The van der Waals surface area contributed by atoms with Crippen LogP contribution in [0.1, 0.15) is 0 Å². The Labute approximate surface area is 151 Å². The van der Waals surface area contributed by atoms with Crippen LogP contribution in [0.2, 0.25) is 0 Å². The summed E-state index contributed by atoms with van der Waals surface area (Å²) in [5.41, 5.74) is -1.30. The number of β-amino-alcohol motifs (C(OH)–C–C–N with tert-alkyl or cyclic N) is 1. The van der Waals surface area contributed by atoms with E-state index in [1.807, 2.05) is 18.2 Å². The van der Waals surface area contributed by atoms with Crippen molar-refractivity contribution in [2.45, 2.75) is 5.60 Å². The van der Waals surface area contributed by atoms with Crippen molar-refractivity contribution in [3.8, 4) is 11.8 Å². The molecule has 8 heteroatoms. The van der Waals surface area contributed by atoms with Crippen LogP contribution in [-0.4, -0.2) is 71.0 Å². The van der Waals surface area contributed by atoms with Crippen molar-refractivity contribution in [1.82, 2.24) is 14.9 Å². The molecule has 1 aromatic heterocycles. The molecular formula is C18H21N3O5. The fourth-order valence-corrected chi connectivity index (χ4v) is 2.53. The zero-order valence-corrected chi connectivity index (χ0v) is 14.3. The van der Waals surface area contributed by atoms with Crippen LogP contribution in [0.3, 0.4) is 0 Å². The van der Waals surface area contributed by atoms with Gasteiger partial charge < -0.3 is 24.2 Å². The molecule has 0 saturated carbocycles. The molecule has 0 bridgehead atoms. The summed E-state index contributed by atoms with van der Waals surface area (Å²) in [7, 11) is 0. The van der Waals surface area contributed by atoms with Crippen LogP contribution in [0.25, 0.3) is 0 Å². The van der Waals surface area contributed by atoms with E-state index >= 15 is 0 Å². The van der Waals surface area contributed by atoms with Crippen LogP contribution < -0.4 is 9.47 Å². The lowest BCUT2D eigenvalue weighted by Crippen LogP contribution is -2.51. The quantitative estimate of drug-likeness (QED) is 0.804. The molecule has 138 valence electrons. The van der Waals surface area contributed by atoms with Gasteiger partial charge in [-0.2, -0.15) is 0 Å². The fraction of sp³-hybridized carbons (Fsp3) is 0.389. The molecule has 1 aliphatic rings. The maximum atomic E-state index is 12.4. The molecular weight excluding hydrogens is 338 g/mol. The molecule has 2 aromatic rings. The van der Waals surface area contributed by atoms with E-state index in [1.54, 1.807) is 18.2 Å². The largest absolute Gasteiger partial charge is 0.490 e. The first-order chi connectivity index (χ1) is 12.6. The molecule has 1 fully saturated rings. The lowest BCUT2D eigenvalue weighted by molar-refractivity contribution is -0.137.